The molecule has 1 heterocycles. The molecule has 0 saturated carbocycles. The topological polar surface area (TPSA) is 66.5 Å². The average molecular weight is 449 g/mol. The first kappa shape index (κ1) is 22.8. The van der Waals surface area contributed by atoms with Crippen molar-refractivity contribution in [2.24, 2.45) is 5.92 Å². The van der Waals surface area contributed by atoms with E-state index in [0.29, 0.717) is 41.8 Å². The SMILES string of the molecule is CC(C)c1ccc(S(=O)(=O)N2CCC(C(=O)NC(C)c3ccc(Cl)cc3)CC2)cc1. The zero-order valence-corrected chi connectivity index (χ0v) is 19.2. The lowest BCUT2D eigenvalue weighted by molar-refractivity contribution is -0.126. The van der Waals surface area contributed by atoms with E-state index in [2.05, 4.69) is 19.2 Å². The summed E-state index contributed by atoms with van der Waals surface area (Å²) in [5.41, 5.74) is 2.09. The molecule has 2 aromatic rings. The smallest absolute Gasteiger partial charge is 0.243 e. The van der Waals surface area contributed by atoms with Crippen LogP contribution in [0.4, 0.5) is 0 Å². The first-order chi connectivity index (χ1) is 14.2. The predicted molar refractivity (Wildman–Crippen MR) is 120 cm³/mol. The van der Waals surface area contributed by atoms with E-state index in [1.54, 1.807) is 24.3 Å². The second kappa shape index (κ2) is 9.50. The largest absolute Gasteiger partial charge is 0.349 e. The highest BCUT2D eigenvalue weighted by atomic mass is 35.5. The van der Waals surface area contributed by atoms with Crippen molar-refractivity contribution in [3.63, 3.8) is 0 Å². The molecule has 162 valence electrons. The van der Waals surface area contributed by atoms with Gasteiger partial charge in [0.05, 0.1) is 10.9 Å². The predicted octanol–water partition coefficient (Wildman–Crippen LogP) is 4.74. The van der Waals surface area contributed by atoms with Crippen molar-refractivity contribution < 1.29 is 13.2 Å². The number of rotatable bonds is 6. The van der Waals surface area contributed by atoms with Crippen LogP contribution in [0.1, 0.15) is 56.7 Å². The minimum atomic E-state index is -3.53. The molecule has 0 aromatic heterocycles. The zero-order chi connectivity index (χ0) is 21.9. The monoisotopic (exact) mass is 448 g/mol. The molecule has 1 N–H and O–H groups in total. The van der Waals surface area contributed by atoms with Crippen LogP contribution in [0, 0.1) is 5.92 Å². The molecular weight excluding hydrogens is 420 g/mol. The molecule has 7 heteroatoms. The number of nitrogens with one attached hydrogen (secondary N) is 1. The van der Waals surface area contributed by atoms with Crippen LogP contribution in [0.2, 0.25) is 5.02 Å². The Bertz CT molecular complexity index is 965. The van der Waals surface area contributed by atoms with Gasteiger partial charge in [-0.3, -0.25) is 4.79 Å². The van der Waals surface area contributed by atoms with Gasteiger partial charge in [0, 0.05) is 24.0 Å². The Labute approximate surface area is 184 Å². The highest BCUT2D eigenvalue weighted by molar-refractivity contribution is 7.89. The van der Waals surface area contributed by atoms with Gasteiger partial charge in [-0.05, 0) is 61.1 Å². The highest BCUT2D eigenvalue weighted by Crippen LogP contribution is 2.26. The molecule has 1 atom stereocenters. The molecule has 30 heavy (non-hydrogen) atoms. The van der Waals surface area contributed by atoms with E-state index in [-0.39, 0.29) is 17.9 Å². The number of hydrogen-bond acceptors (Lipinski definition) is 3. The van der Waals surface area contributed by atoms with Gasteiger partial charge in [0.1, 0.15) is 0 Å². The molecule has 0 bridgehead atoms. The van der Waals surface area contributed by atoms with Crippen LogP contribution in [-0.2, 0) is 14.8 Å². The van der Waals surface area contributed by atoms with Gasteiger partial charge in [-0.15, -0.1) is 0 Å². The molecule has 2 aromatic carbocycles. The Balaban J connectivity index is 1.58. The number of halogens is 1. The Kier molecular flexibility index (Phi) is 7.22. The molecule has 1 amide bonds. The summed E-state index contributed by atoms with van der Waals surface area (Å²) >= 11 is 5.92. The third-order valence-electron chi connectivity index (χ3n) is 5.74. The number of sulfonamides is 1. The molecular formula is C23H29ClN2O3S. The van der Waals surface area contributed by atoms with E-state index in [0.717, 1.165) is 11.1 Å². The van der Waals surface area contributed by atoms with Crippen molar-refractivity contribution in [1.82, 2.24) is 9.62 Å². The molecule has 3 rings (SSSR count). The van der Waals surface area contributed by atoms with Crippen LogP contribution >= 0.6 is 11.6 Å². The second-order valence-corrected chi connectivity index (χ2v) is 10.6. The summed E-state index contributed by atoms with van der Waals surface area (Å²) in [6.07, 6.45) is 1.03. The number of piperidine rings is 1. The molecule has 1 fully saturated rings. The van der Waals surface area contributed by atoms with Gasteiger partial charge in [-0.1, -0.05) is 49.7 Å². The minimum absolute atomic E-state index is 0.0317. The molecule has 0 radical (unpaired) electrons. The summed E-state index contributed by atoms with van der Waals surface area (Å²) in [5.74, 6) is 0.136. The van der Waals surface area contributed by atoms with Crippen LogP contribution in [0.15, 0.2) is 53.4 Å². The lowest BCUT2D eigenvalue weighted by Crippen LogP contribution is -2.43. The minimum Gasteiger partial charge on any atom is -0.349 e. The van der Waals surface area contributed by atoms with Crippen molar-refractivity contribution in [3.05, 3.63) is 64.7 Å². The van der Waals surface area contributed by atoms with Gasteiger partial charge in [0.2, 0.25) is 15.9 Å². The third kappa shape index (κ3) is 5.23. The summed E-state index contributed by atoms with van der Waals surface area (Å²) in [6.45, 7) is 6.78. The summed E-state index contributed by atoms with van der Waals surface area (Å²) in [7, 11) is -3.53. The van der Waals surface area contributed by atoms with Crippen LogP contribution < -0.4 is 5.32 Å². The second-order valence-electron chi connectivity index (χ2n) is 8.18. The van der Waals surface area contributed by atoms with Gasteiger partial charge in [-0.2, -0.15) is 4.31 Å². The molecule has 1 aliphatic rings. The molecule has 1 unspecified atom stereocenters. The van der Waals surface area contributed by atoms with Crippen molar-refractivity contribution >= 4 is 27.5 Å². The number of nitrogens with zero attached hydrogens (tertiary/aromatic N) is 1. The van der Waals surface area contributed by atoms with Crippen LogP contribution in [0.25, 0.3) is 0 Å². The normalized spacial score (nSPS) is 17.1. The molecule has 1 aliphatic heterocycles. The molecule has 5 nitrogen and oxygen atoms in total. The van der Waals surface area contributed by atoms with Crippen molar-refractivity contribution in [2.75, 3.05) is 13.1 Å². The Morgan fingerprint density at radius 3 is 2.03 bits per heavy atom. The fourth-order valence-corrected chi connectivity index (χ4v) is 5.29. The van der Waals surface area contributed by atoms with E-state index < -0.39 is 10.0 Å². The maximum atomic E-state index is 12.9. The standard InChI is InChI=1S/C23H29ClN2O3S/c1-16(2)18-6-10-22(11-7-18)30(28,29)26-14-12-20(13-15-26)23(27)25-17(3)19-4-8-21(24)9-5-19/h4-11,16-17,20H,12-15H2,1-3H3,(H,25,27). The van der Waals surface area contributed by atoms with E-state index >= 15 is 0 Å². The fraction of sp³-hybridized carbons (Fsp3) is 0.435. The van der Waals surface area contributed by atoms with E-state index in [1.807, 2.05) is 31.2 Å². The summed E-state index contributed by atoms with van der Waals surface area (Å²) in [5, 5.41) is 3.69. The number of carbonyl (C=O) groups is 1. The summed E-state index contributed by atoms with van der Waals surface area (Å²) < 4.78 is 27.4. The Morgan fingerprint density at radius 1 is 0.967 bits per heavy atom. The Hall–Kier alpha value is -1.89. The van der Waals surface area contributed by atoms with E-state index in [4.69, 9.17) is 11.6 Å². The van der Waals surface area contributed by atoms with Crippen molar-refractivity contribution in [2.45, 2.75) is 50.5 Å². The van der Waals surface area contributed by atoms with Crippen molar-refractivity contribution in [1.29, 1.82) is 0 Å². The van der Waals surface area contributed by atoms with E-state index in [1.165, 1.54) is 4.31 Å². The average Bonchev–Trinajstić information content (AvgIpc) is 2.74. The van der Waals surface area contributed by atoms with E-state index in [9.17, 15) is 13.2 Å². The molecule has 1 saturated heterocycles. The lowest BCUT2D eigenvalue weighted by atomic mass is 9.96. The first-order valence-electron chi connectivity index (χ1n) is 10.3. The lowest BCUT2D eigenvalue weighted by Gasteiger charge is -2.31. The van der Waals surface area contributed by atoms with Crippen LogP contribution in [0.5, 0.6) is 0 Å². The first-order valence-corrected chi connectivity index (χ1v) is 12.2. The van der Waals surface area contributed by atoms with Crippen LogP contribution in [0.3, 0.4) is 0 Å². The summed E-state index contributed by atoms with van der Waals surface area (Å²) in [6, 6.07) is 14.4. The quantitative estimate of drug-likeness (QED) is 0.693. The summed E-state index contributed by atoms with van der Waals surface area (Å²) in [4.78, 5) is 13.0. The van der Waals surface area contributed by atoms with Gasteiger partial charge >= 0.3 is 0 Å². The number of carbonyl (C=O) groups excluding carboxylic acids is 1. The maximum Gasteiger partial charge on any atom is 0.243 e. The Morgan fingerprint density at radius 2 is 1.50 bits per heavy atom. The van der Waals surface area contributed by atoms with Crippen molar-refractivity contribution in [3.8, 4) is 0 Å². The maximum absolute atomic E-state index is 12.9. The van der Waals surface area contributed by atoms with Gasteiger partial charge in [0.15, 0.2) is 0 Å². The zero-order valence-electron chi connectivity index (χ0n) is 17.6. The number of benzene rings is 2. The van der Waals surface area contributed by atoms with Gasteiger partial charge < -0.3 is 5.32 Å². The fourth-order valence-electron chi connectivity index (χ4n) is 3.70. The third-order valence-corrected chi connectivity index (χ3v) is 7.90. The molecule has 0 spiro atoms. The van der Waals surface area contributed by atoms with Gasteiger partial charge in [-0.25, -0.2) is 8.42 Å². The number of amides is 1. The molecule has 0 aliphatic carbocycles. The number of hydrogen-bond donors (Lipinski definition) is 1. The van der Waals surface area contributed by atoms with Crippen LogP contribution in [-0.4, -0.2) is 31.7 Å². The highest BCUT2D eigenvalue weighted by Gasteiger charge is 2.32. The van der Waals surface area contributed by atoms with Gasteiger partial charge in [0.25, 0.3) is 0 Å².